The predicted octanol–water partition coefficient (Wildman–Crippen LogP) is -0.289. The molecule has 11 nitrogen and oxygen atoms in total. The van der Waals surface area contributed by atoms with E-state index in [0.717, 1.165) is 10.9 Å². The van der Waals surface area contributed by atoms with Crippen LogP contribution in [0.5, 0.6) is 0 Å². The summed E-state index contributed by atoms with van der Waals surface area (Å²) in [5.74, 6) is -0.208. The number of aliphatic hydroxyl groups excluding tert-OH is 1. The summed E-state index contributed by atoms with van der Waals surface area (Å²) in [6.07, 6.45) is -7.29. The summed E-state index contributed by atoms with van der Waals surface area (Å²) < 4.78 is 55.7. The van der Waals surface area contributed by atoms with Crippen LogP contribution in [0.25, 0.3) is 11.2 Å². The second-order valence-electron chi connectivity index (χ2n) is 5.93. The standard InChI is InChI=1S/C12H12F2N5O6P/c1-26(22)23-2-11-6(20)5(24-12(11,13)14)9(25-11)19-3-16-4-7(19)17-10(15)18-8(4)21/h3,5-6,9,20H,2H2,1H3,(H2-,15,17,18,21)/p+1/t5-,6+,9-,11-/m1/s1. The molecule has 0 radical (unpaired) electrons. The van der Waals surface area contributed by atoms with Crippen LogP contribution < -0.4 is 11.3 Å². The largest absolute Gasteiger partial charge is 0.504 e. The van der Waals surface area contributed by atoms with E-state index in [1.807, 2.05) is 0 Å². The third-order valence-electron chi connectivity index (χ3n) is 4.36. The van der Waals surface area contributed by atoms with Gasteiger partial charge in [-0.25, -0.2) is 4.98 Å². The normalized spacial score (nSPS) is 33.1. The third kappa shape index (κ3) is 2.21. The number of nitrogens with one attached hydrogen (secondary N) is 1. The molecule has 5 atom stereocenters. The number of ether oxygens (including phenoxy) is 2. The van der Waals surface area contributed by atoms with E-state index in [2.05, 4.69) is 19.7 Å². The summed E-state index contributed by atoms with van der Waals surface area (Å²) in [7, 11) is -2.22. The Labute approximate surface area is 143 Å². The summed E-state index contributed by atoms with van der Waals surface area (Å²) in [5, 5.41) is 10.3. The van der Waals surface area contributed by atoms with Gasteiger partial charge < -0.3 is 20.3 Å². The monoisotopic (exact) mass is 392 g/mol. The fourth-order valence-corrected chi connectivity index (χ4v) is 3.52. The lowest BCUT2D eigenvalue weighted by molar-refractivity contribution is -0.369. The molecule has 0 spiro atoms. The number of rotatable bonds is 4. The maximum absolute atomic E-state index is 14.3. The molecule has 2 aliphatic rings. The van der Waals surface area contributed by atoms with Crippen molar-refractivity contribution in [3.8, 4) is 0 Å². The van der Waals surface area contributed by atoms with Gasteiger partial charge in [-0.2, -0.15) is 13.8 Å². The van der Waals surface area contributed by atoms with E-state index in [4.69, 9.17) is 15.0 Å². The number of H-pyrrole nitrogens is 1. The number of imidazole rings is 1. The van der Waals surface area contributed by atoms with Crippen molar-refractivity contribution in [2.24, 2.45) is 0 Å². The van der Waals surface area contributed by atoms with Gasteiger partial charge in [0.25, 0.3) is 5.56 Å². The highest BCUT2D eigenvalue weighted by Gasteiger charge is 2.78. The Kier molecular flexibility index (Phi) is 3.66. The molecule has 4 N–H and O–H groups in total. The smallest absolute Gasteiger partial charge is 0.387 e. The van der Waals surface area contributed by atoms with E-state index in [0.29, 0.717) is 0 Å². The van der Waals surface area contributed by atoms with Gasteiger partial charge in [0.2, 0.25) is 11.5 Å². The Morgan fingerprint density at radius 1 is 1.54 bits per heavy atom. The molecule has 14 heteroatoms. The zero-order valence-corrected chi connectivity index (χ0v) is 14.0. The van der Waals surface area contributed by atoms with Crippen LogP contribution in [0.4, 0.5) is 14.7 Å². The molecular formula is C12H13F2N5O6P+. The van der Waals surface area contributed by atoms with Gasteiger partial charge in [0, 0.05) is 0 Å². The number of halogens is 2. The van der Waals surface area contributed by atoms with Gasteiger partial charge in [0.05, 0.1) is 6.33 Å². The average Bonchev–Trinajstić information content (AvgIpc) is 3.12. The van der Waals surface area contributed by atoms with Crippen LogP contribution in [0, 0.1) is 0 Å². The number of nitrogens with two attached hydrogens (primary N) is 1. The highest BCUT2D eigenvalue weighted by molar-refractivity contribution is 7.38. The SMILES string of the molecule is C[P+](=O)OC[C@]12O[C@@H](n3cnc4c(=O)[nH]c(N)nc43)[C@H](OC1(F)F)[C@@H]2O. The van der Waals surface area contributed by atoms with Gasteiger partial charge >= 0.3 is 14.1 Å². The Balaban J connectivity index is 1.77. The number of hydrogen-bond donors (Lipinski definition) is 3. The average molecular weight is 392 g/mol. The van der Waals surface area contributed by atoms with Gasteiger partial charge in [0.15, 0.2) is 24.1 Å². The highest BCUT2D eigenvalue weighted by atomic mass is 31.1. The minimum absolute atomic E-state index is 0.0273. The summed E-state index contributed by atoms with van der Waals surface area (Å²) in [4.78, 5) is 21.9. The molecular weight excluding hydrogens is 379 g/mol. The zero-order valence-electron chi connectivity index (χ0n) is 13.1. The number of aliphatic hydroxyl groups is 1. The topological polar surface area (TPSA) is 155 Å². The van der Waals surface area contributed by atoms with Gasteiger partial charge in [-0.3, -0.25) is 14.3 Å². The molecule has 26 heavy (non-hydrogen) atoms. The molecule has 4 heterocycles. The van der Waals surface area contributed by atoms with E-state index < -0.39 is 50.3 Å². The summed E-state index contributed by atoms with van der Waals surface area (Å²) in [6.45, 7) is 0.321. The number of fused-ring (bicyclic) bond motifs is 3. The minimum Gasteiger partial charge on any atom is -0.387 e. The van der Waals surface area contributed by atoms with Crippen molar-refractivity contribution in [2.45, 2.75) is 30.1 Å². The summed E-state index contributed by atoms with van der Waals surface area (Å²) in [6, 6.07) is 0. The van der Waals surface area contributed by atoms with E-state index in [-0.39, 0.29) is 17.1 Å². The predicted molar refractivity (Wildman–Crippen MR) is 80.7 cm³/mol. The molecule has 0 amide bonds. The number of aromatic amines is 1. The van der Waals surface area contributed by atoms with Crippen molar-refractivity contribution in [1.82, 2.24) is 19.5 Å². The van der Waals surface area contributed by atoms with E-state index >= 15 is 0 Å². The van der Waals surface area contributed by atoms with Crippen LogP contribution in [0.2, 0.25) is 0 Å². The number of alkyl halides is 2. The van der Waals surface area contributed by atoms with Crippen molar-refractivity contribution in [2.75, 3.05) is 19.0 Å². The van der Waals surface area contributed by atoms with Crippen molar-refractivity contribution < 1.29 is 32.4 Å². The number of aromatic nitrogens is 4. The summed E-state index contributed by atoms with van der Waals surface area (Å²) in [5.41, 5.74) is 2.20. The molecule has 1 unspecified atom stereocenters. The lowest BCUT2D eigenvalue weighted by Crippen LogP contribution is -2.55. The van der Waals surface area contributed by atoms with Crippen LogP contribution in [0.3, 0.4) is 0 Å². The second kappa shape index (κ2) is 5.47. The first-order chi connectivity index (χ1) is 12.2. The number of nitrogen functional groups attached to an aromatic ring is 1. The quantitative estimate of drug-likeness (QED) is 0.595. The molecule has 2 aromatic heterocycles. The zero-order chi connectivity index (χ0) is 18.9. The van der Waals surface area contributed by atoms with E-state index in [1.165, 1.54) is 6.66 Å². The highest BCUT2D eigenvalue weighted by Crippen LogP contribution is 2.56. The number of hydrogen-bond acceptors (Lipinski definition) is 9. The molecule has 2 fully saturated rings. The first-order valence-electron chi connectivity index (χ1n) is 7.34. The minimum atomic E-state index is -3.88. The number of nitrogens with zero attached hydrogens (tertiary/aromatic N) is 3. The molecule has 0 aromatic carbocycles. The van der Waals surface area contributed by atoms with E-state index in [1.54, 1.807) is 0 Å². The Hall–Kier alpha value is -2.05. The Bertz CT molecular complexity index is 965. The Morgan fingerprint density at radius 3 is 2.96 bits per heavy atom. The van der Waals surface area contributed by atoms with Gasteiger partial charge in [-0.15, -0.1) is 4.52 Å². The second-order valence-corrected chi connectivity index (χ2v) is 7.07. The molecule has 2 aliphatic heterocycles. The molecule has 2 saturated heterocycles. The number of anilines is 1. The molecule has 0 saturated carbocycles. The van der Waals surface area contributed by atoms with Crippen LogP contribution in [0.15, 0.2) is 11.1 Å². The van der Waals surface area contributed by atoms with Crippen molar-refractivity contribution in [3.63, 3.8) is 0 Å². The Morgan fingerprint density at radius 2 is 2.27 bits per heavy atom. The van der Waals surface area contributed by atoms with Gasteiger partial charge in [-0.05, 0) is 4.57 Å². The molecule has 140 valence electrons. The molecule has 4 rings (SSSR count). The maximum atomic E-state index is 14.3. The fraction of sp³-hybridized carbons (Fsp3) is 0.583. The molecule has 0 aliphatic carbocycles. The van der Waals surface area contributed by atoms with Crippen LogP contribution in [-0.4, -0.2) is 61.8 Å². The fourth-order valence-electron chi connectivity index (χ4n) is 3.14. The summed E-state index contributed by atoms with van der Waals surface area (Å²) >= 11 is 0. The van der Waals surface area contributed by atoms with Crippen molar-refractivity contribution in [3.05, 3.63) is 16.7 Å². The lowest BCUT2D eigenvalue weighted by Gasteiger charge is -2.35. The first-order valence-corrected chi connectivity index (χ1v) is 8.96. The first kappa shape index (κ1) is 17.4. The van der Waals surface area contributed by atoms with Crippen LogP contribution >= 0.6 is 8.03 Å². The molecule has 2 bridgehead atoms. The van der Waals surface area contributed by atoms with Crippen molar-refractivity contribution >= 4 is 25.1 Å². The maximum Gasteiger partial charge on any atom is 0.504 e. The van der Waals surface area contributed by atoms with Crippen molar-refractivity contribution in [1.29, 1.82) is 0 Å². The van der Waals surface area contributed by atoms with Crippen LogP contribution in [-0.2, 0) is 18.6 Å². The third-order valence-corrected chi connectivity index (χ3v) is 4.86. The lowest BCUT2D eigenvalue weighted by atomic mass is 9.98. The van der Waals surface area contributed by atoms with Gasteiger partial charge in [0.1, 0.15) is 18.8 Å². The van der Waals surface area contributed by atoms with Crippen LogP contribution in [0.1, 0.15) is 6.23 Å². The molecule has 2 aromatic rings. The van der Waals surface area contributed by atoms with Gasteiger partial charge in [-0.1, -0.05) is 0 Å². The van der Waals surface area contributed by atoms with E-state index in [9.17, 15) is 23.2 Å².